The number of aromatic nitrogens is 2. The van der Waals surface area contributed by atoms with Crippen LogP contribution in [0.5, 0.6) is 5.75 Å². The summed E-state index contributed by atoms with van der Waals surface area (Å²) in [4.78, 5) is 15.5. The molecule has 7 nitrogen and oxygen atoms in total. The number of carbonyl (C=O) groups excluding carboxylic acids is 1. The predicted octanol–water partition coefficient (Wildman–Crippen LogP) is 0.655. The van der Waals surface area contributed by atoms with Gasteiger partial charge >= 0.3 is 0 Å². The highest BCUT2D eigenvalue weighted by Crippen LogP contribution is 2.19. The van der Waals surface area contributed by atoms with Gasteiger partial charge in [0.1, 0.15) is 5.75 Å². The van der Waals surface area contributed by atoms with Crippen molar-refractivity contribution in [2.75, 3.05) is 12.3 Å². The Labute approximate surface area is 109 Å². The number of nitrogens with zero attached hydrogens (tertiary/aromatic N) is 2. The molecule has 0 bridgehead atoms. The lowest BCUT2D eigenvalue weighted by Crippen LogP contribution is -2.28. The van der Waals surface area contributed by atoms with Gasteiger partial charge in [0.2, 0.25) is 5.89 Å². The second-order valence-corrected chi connectivity index (χ2v) is 3.84. The molecule has 3 N–H and O–H groups in total. The molecule has 0 spiro atoms. The minimum Gasteiger partial charge on any atom is -0.482 e. The van der Waals surface area contributed by atoms with Gasteiger partial charge in [0.15, 0.2) is 12.4 Å². The predicted molar refractivity (Wildman–Crippen MR) is 67.2 cm³/mol. The summed E-state index contributed by atoms with van der Waals surface area (Å²) in [5.74, 6) is 1.06. The second-order valence-electron chi connectivity index (χ2n) is 3.84. The van der Waals surface area contributed by atoms with Crippen LogP contribution in [-0.2, 0) is 11.3 Å². The van der Waals surface area contributed by atoms with Gasteiger partial charge in [-0.2, -0.15) is 4.98 Å². The molecule has 7 heteroatoms. The first-order chi connectivity index (χ1) is 9.15. The molecule has 2 aromatic rings. The molecule has 0 aliphatic heterocycles. The van der Waals surface area contributed by atoms with Crippen molar-refractivity contribution in [3.05, 3.63) is 36.0 Å². The molecule has 0 atom stereocenters. The normalized spacial score (nSPS) is 10.2. The molecule has 2 rings (SSSR count). The summed E-state index contributed by atoms with van der Waals surface area (Å²) in [6, 6.07) is 6.98. The number of para-hydroxylation sites is 2. The fourth-order valence-electron chi connectivity index (χ4n) is 1.39. The fourth-order valence-corrected chi connectivity index (χ4v) is 1.39. The van der Waals surface area contributed by atoms with Gasteiger partial charge in [0.05, 0.1) is 12.2 Å². The highest BCUT2D eigenvalue weighted by atomic mass is 16.5. The Morgan fingerprint density at radius 1 is 1.47 bits per heavy atom. The highest BCUT2D eigenvalue weighted by Gasteiger charge is 2.07. The second kappa shape index (κ2) is 5.85. The summed E-state index contributed by atoms with van der Waals surface area (Å²) >= 11 is 0. The highest BCUT2D eigenvalue weighted by molar-refractivity contribution is 5.77. The Morgan fingerprint density at radius 3 is 2.95 bits per heavy atom. The molecular formula is C12H14N4O3. The summed E-state index contributed by atoms with van der Waals surface area (Å²) in [5, 5.41) is 6.22. The lowest BCUT2D eigenvalue weighted by Gasteiger charge is -2.07. The van der Waals surface area contributed by atoms with Crippen LogP contribution in [-0.4, -0.2) is 22.7 Å². The molecule has 0 fully saturated rings. The van der Waals surface area contributed by atoms with Crippen LogP contribution in [0.25, 0.3) is 0 Å². The number of rotatable bonds is 5. The van der Waals surface area contributed by atoms with Crippen molar-refractivity contribution in [1.29, 1.82) is 0 Å². The van der Waals surface area contributed by atoms with Gasteiger partial charge in [-0.25, -0.2) is 0 Å². The van der Waals surface area contributed by atoms with E-state index in [1.165, 1.54) is 0 Å². The van der Waals surface area contributed by atoms with Crippen LogP contribution in [0.1, 0.15) is 11.7 Å². The van der Waals surface area contributed by atoms with Crippen molar-refractivity contribution in [1.82, 2.24) is 15.5 Å². The maximum absolute atomic E-state index is 11.5. The van der Waals surface area contributed by atoms with Gasteiger partial charge in [-0.05, 0) is 19.1 Å². The van der Waals surface area contributed by atoms with Gasteiger partial charge < -0.3 is 20.3 Å². The molecule has 100 valence electrons. The van der Waals surface area contributed by atoms with E-state index in [1.807, 2.05) is 0 Å². The van der Waals surface area contributed by atoms with Crippen molar-refractivity contribution >= 4 is 11.6 Å². The average molecular weight is 262 g/mol. The monoisotopic (exact) mass is 262 g/mol. The third-order valence-electron chi connectivity index (χ3n) is 2.28. The van der Waals surface area contributed by atoms with Crippen LogP contribution < -0.4 is 15.8 Å². The summed E-state index contributed by atoms with van der Waals surface area (Å²) in [6.07, 6.45) is 0. The average Bonchev–Trinajstić information content (AvgIpc) is 2.81. The minimum absolute atomic E-state index is 0.124. The van der Waals surface area contributed by atoms with Crippen LogP contribution in [0.4, 0.5) is 5.69 Å². The number of anilines is 1. The van der Waals surface area contributed by atoms with Crippen LogP contribution in [0.15, 0.2) is 28.8 Å². The van der Waals surface area contributed by atoms with Crippen molar-refractivity contribution in [3.63, 3.8) is 0 Å². The molecule has 1 aromatic heterocycles. The van der Waals surface area contributed by atoms with E-state index in [4.69, 9.17) is 15.0 Å². The summed E-state index contributed by atoms with van der Waals surface area (Å²) in [7, 11) is 0. The molecular weight excluding hydrogens is 248 g/mol. The zero-order valence-corrected chi connectivity index (χ0v) is 10.4. The van der Waals surface area contributed by atoms with E-state index < -0.39 is 0 Å². The molecule has 0 saturated carbocycles. The largest absolute Gasteiger partial charge is 0.482 e. The molecule has 0 radical (unpaired) electrons. The van der Waals surface area contributed by atoms with Gasteiger partial charge in [-0.3, -0.25) is 4.79 Å². The molecule has 1 heterocycles. The first-order valence-corrected chi connectivity index (χ1v) is 5.68. The summed E-state index contributed by atoms with van der Waals surface area (Å²) in [5.41, 5.74) is 6.17. The number of nitrogens with two attached hydrogens (primary N) is 1. The molecule has 0 saturated heterocycles. The van der Waals surface area contributed by atoms with Gasteiger partial charge in [-0.15, -0.1) is 0 Å². The lowest BCUT2D eigenvalue weighted by atomic mass is 10.3. The van der Waals surface area contributed by atoms with Crippen LogP contribution in [0.3, 0.4) is 0 Å². The Morgan fingerprint density at radius 2 is 2.26 bits per heavy atom. The van der Waals surface area contributed by atoms with Crippen molar-refractivity contribution in [2.45, 2.75) is 13.5 Å². The molecule has 0 unspecified atom stereocenters. The number of hydrogen-bond donors (Lipinski definition) is 2. The first-order valence-electron chi connectivity index (χ1n) is 5.68. The summed E-state index contributed by atoms with van der Waals surface area (Å²) < 4.78 is 10.1. The first kappa shape index (κ1) is 12.9. The zero-order chi connectivity index (χ0) is 13.7. The van der Waals surface area contributed by atoms with E-state index in [0.717, 1.165) is 0 Å². The molecule has 1 aromatic carbocycles. The van der Waals surface area contributed by atoms with Crippen LogP contribution in [0, 0.1) is 6.92 Å². The number of nitrogens with one attached hydrogen (secondary N) is 1. The fraction of sp³-hybridized carbons (Fsp3) is 0.250. The Hall–Kier alpha value is -2.57. The van der Waals surface area contributed by atoms with Gasteiger partial charge in [0, 0.05) is 0 Å². The quantitative estimate of drug-likeness (QED) is 0.767. The molecule has 0 aliphatic carbocycles. The number of aryl methyl sites for hydroxylation is 1. The zero-order valence-electron chi connectivity index (χ0n) is 10.4. The van der Waals surface area contributed by atoms with Crippen molar-refractivity contribution in [3.8, 4) is 5.75 Å². The Balaban J connectivity index is 1.77. The number of carbonyl (C=O) groups is 1. The molecule has 0 aliphatic rings. The lowest BCUT2D eigenvalue weighted by molar-refractivity contribution is -0.123. The van der Waals surface area contributed by atoms with E-state index >= 15 is 0 Å². The van der Waals surface area contributed by atoms with Gasteiger partial charge in [0.25, 0.3) is 5.91 Å². The van der Waals surface area contributed by atoms with E-state index in [2.05, 4.69) is 15.5 Å². The third-order valence-corrected chi connectivity index (χ3v) is 2.28. The van der Waals surface area contributed by atoms with Crippen molar-refractivity contribution in [2.24, 2.45) is 0 Å². The topological polar surface area (TPSA) is 103 Å². The van der Waals surface area contributed by atoms with E-state index in [-0.39, 0.29) is 19.1 Å². The number of ether oxygens (including phenoxy) is 1. The minimum atomic E-state index is -0.292. The SMILES string of the molecule is Cc1noc(CNC(=O)COc2ccccc2N)n1. The number of nitrogen functional groups attached to an aromatic ring is 1. The third kappa shape index (κ3) is 3.70. The van der Waals surface area contributed by atoms with Crippen LogP contribution >= 0.6 is 0 Å². The van der Waals surface area contributed by atoms with Gasteiger partial charge in [-0.1, -0.05) is 17.3 Å². The van der Waals surface area contributed by atoms with Crippen LogP contribution in [0.2, 0.25) is 0 Å². The summed E-state index contributed by atoms with van der Waals surface area (Å²) in [6.45, 7) is 1.75. The maximum Gasteiger partial charge on any atom is 0.258 e. The smallest absolute Gasteiger partial charge is 0.258 e. The molecule has 1 amide bonds. The number of benzene rings is 1. The van der Waals surface area contributed by atoms with E-state index in [1.54, 1.807) is 31.2 Å². The standard InChI is InChI=1S/C12H14N4O3/c1-8-15-12(19-16-8)6-14-11(17)7-18-10-5-3-2-4-9(10)13/h2-5H,6-7,13H2,1H3,(H,14,17). The Bertz CT molecular complexity index is 568. The van der Waals surface area contributed by atoms with E-state index in [0.29, 0.717) is 23.2 Å². The maximum atomic E-state index is 11.5. The Kier molecular flexibility index (Phi) is 3.97. The van der Waals surface area contributed by atoms with Crippen molar-refractivity contribution < 1.29 is 14.1 Å². The number of hydrogen-bond acceptors (Lipinski definition) is 6. The van der Waals surface area contributed by atoms with E-state index in [9.17, 15) is 4.79 Å². The number of amides is 1. The molecule has 19 heavy (non-hydrogen) atoms.